The van der Waals surface area contributed by atoms with Crippen molar-refractivity contribution in [2.24, 2.45) is 0 Å². The number of fused-ring (bicyclic) bond motifs is 1. The first-order valence-electron chi connectivity index (χ1n) is 8.74. The Labute approximate surface area is 148 Å². The number of benzene rings is 1. The molecule has 0 aliphatic carbocycles. The molecule has 25 heavy (non-hydrogen) atoms. The van der Waals surface area contributed by atoms with Gasteiger partial charge in [0.1, 0.15) is 5.82 Å². The van der Waals surface area contributed by atoms with Crippen molar-refractivity contribution in [3.63, 3.8) is 0 Å². The Kier molecular flexibility index (Phi) is 5.18. The quantitative estimate of drug-likeness (QED) is 0.856. The van der Waals surface area contributed by atoms with Crippen LogP contribution in [-0.4, -0.2) is 44.9 Å². The van der Waals surface area contributed by atoms with Crippen LogP contribution >= 0.6 is 0 Å². The molecular weight excluding hydrogens is 319 g/mol. The largest absolute Gasteiger partial charge is 0.333 e. The number of aromatic nitrogens is 2. The predicted molar refractivity (Wildman–Crippen MR) is 94.6 cm³/mol. The second kappa shape index (κ2) is 7.35. The molecule has 2 aromatic rings. The van der Waals surface area contributed by atoms with Crippen LogP contribution in [0.5, 0.6) is 0 Å². The van der Waals surface area contributed by atoms with Gasteiger partial charge in [0.2, 0.25) is 0 Å². The number of aryl methyl sites for hydroxylation is 1. The van der Waals surface area contributed by atoms with Crippen molar-refractivity contribution in [1.82, 2.24) is 19.4 Å². The highest BCUT2D eigenvalue weighted by atomic mass is 19.1. The molecule has 1 aromatic carbocycles. The number of halogens is 1. The van der Waals surface area contributed by atoms with E-state index in [2.05, 4.69) is 35.3 Å². The fourth-order valence-electron chi connectivity index (χ4n) is 3.05. The van der Waals surface area contributed by atoms with Crippen LogP contribution in [0.2, 0.25) is 0 Å². The van der Waals surface area contributed by atoms with Gasteiger partial charge in [-0.3, -0.25) is 9.69 Å². The maximum Gasteiger partial charge on any atom is 0.257 e. The summed E-state index contributed by atoms with van der Waals surface area (Å²) >= 11 is 0. The molecule has 0 spiro atoms. The van der Waals surface area contributed by atoms with Gasteiger partial charge in [-0.25, -0.2) is 9.37 Å². The predicted octanol–water partition coefficient (Wildman–Crippen LogP) is 2.91. The van der Waals surface area contributed by atoms with Crippen molar-refractivity contribution < 1.29 is 9.18 Å². The first kappa shape index (κ1) is 17.6. The number of carbonyl (C=O) groups excluding carboxylic acids is 1. The van der Waals surface area contributed by atoms with E-state index in [9.17, 15) is 9.18 Å². The van der Waals surface area contributed by atoms with E-state index in [1.807, 2.05) is 6.33 Å². The zero-order valence-electron chi connectivity index (χ0n) is 15.1. The Morgan fingerprint density at radius 3 is 2.80 bits per heavy atom. The van der Waals surface area contributed by atoms with Crippen LogP contribution in [0.15, 0.2) is 30.6 Å². The Hall–Kier alpha value is -2.21. The highest BCUT2D eigenvalue weighted by Gasteiger charge is 2.25. The fourth-order valence-corrected chi connectivity index (χ4v) is 3.05. The Morgan fingerprint density at radius 1 is 1.32 bits per heavy atom. The van der Waals surface area contributed by atoms with Gasteiger partial charge in [-0.15, -0.1) is 0 Å². The first-order chi connectivity index (χ1) is 12.0. The zero-order chi connectivity index (χ0) is 18.0. The second-order valence-corrected chi connectivity index (χ2v) is 6.90. The Balaban J connectivity index is 1.84. The van der Waals surface area contributed by atoms with Crippen LogP contribution < -0.4 is 0 Å². The van der Waals surface area contributed by atoms with Gasteiger partial charge in [0.05, 0.1) is 29.8 Å². The van der Waals surface area contributed by atoms with Gasteiger partial charge in [0.25, 0.3) is 5.91 Å². The van der Waals surface area contributed by atoms with Gasteiger partial charge in [0.15, 0.2) is 0 Å². The van der Waals surface area contributed by atoms with Crippen LogP contribution in [0.1, 0.15) is 42.0 Å². The molecule has 0 N–H and O–H groups in total. The van der Waals surface area contributed by atoms with Gasteiger partial charge in [-0.2, -0.15) is 0 Å². The molecule has 0 unspecified atom stereocenters. The summed E-state index contributed by atoms with van der Waals surface area (Å²) in [4.78, 5) is 21.3. The van der Waals surface area contributed by atoms with E-state index in [4.69, 9.17) is 0 Å². The highest BCUT2D eigenvalue weighted by molar-refractivity contribution is 5.94. The molecular formula is C19H25FN4O. The standard InChI is InChI=1S/C19H25FN4O/c1-14(2)22(3)11-17-18-12-23(9-6-10-24(18)13-21-17)19(25)15-7-4-5-8-16(15)20/h4-5,7-8,13-14H,6,9-12H2,1-3H3. The molecule has 0 saturated carbocycles. The van der Waals surface area contributed by atoms with Crippen LogP contribution in [0, 0.1) is 5.82 Å². The number of hydrogen-bond acceptors (Lipinski definition) is 3. The third kappa shape index (κ3) is 3.74. The van der Waals surface area contributed by atoms with E-state index in [0.717, 1.165) is 30.9 Å². The second-order valence-electron chi connectivity index (χ2n) is 6.90. The summed E-state index contributed by atoms with van der Waals surface area (Å²) in [7, 11) is 2.06. The molecule has 0 fully saturated rings. The first-order valence-corrected chi connectivity index (χ1v) is 8.74. The monoisotopic (exact) mass is 344 g/mol. The number of carbonyl (C=O) groups is 1. The third-order valence-electron chi connectivity index (χ3n) is 4.87. The number of rotatable bonds is 4. The molecule has 6 heteroatoms. The lowest BCUT2D eigenvalue weighted by atomic mass is 10.1. The molecule has 2 heterocycles. The van der Waals surface area contributed by atoms with Crippen molar-refractivity contribution >= 4 is 5.91 Å². The van der Waals surface area contributed by atoms with Gasteiger partial charge < -0.3 is 9.47 Å². The van der Waals surface area contributed by atoms with Crippen molar-refractivity contribution in [3.8, 4) is 0 Å². The molecule has 0 atom stereocenters. The summed E-state index contributed by atoms with van der Waals surface area (Å²) in [5.74, 6) is -0.721. The molecule has 1 aliphatic heterocycles. The van der Waals surface area contributed by atoms with Gasteiger partial charge >= 0.3 is 0 Å². The molecule has 0 bridgehead atoms. The number of amides is 1. The Morgan fingerprint density at radius 2 is 2.08 bits per heavy atom. The van der Waals surface area contributed by atoms with Crippen molar-refractivity contribution in [1.29, 1.82) is 0 Å². The lowest BCUT2D eigenvalue weighted by Crippen LogP contribution is -2.32. The van der Waals surface area contributed by atoms with Crippen LogP contribution in [0.3, 0.4) is 0 Å². The minimum Gasteiger partial charge on any atom is -0.333 e. The summed E-state index contributed by atoms with van der Waals surface area (Å²) in [6, 6.07) is 6.59. The lowest BCUT2D eigenvalue weighted by Gasteiger charge is -2.23. The molecule has 1 amide bonds. The van der Waals surface area contributed by atoms with Gasteiger partial charge in [-0.1, -0.05) is 12.1 Å². The van der Waals surface area contributed by atoms with Crippen molar-refractivity contribution in [2.75, 3.05) is 13.6 Å². The molecule has 1 aliphatic rings. The summed E-state index contributed by atoms with van der Waals surface area (Å²) in [5, 5.41) is 0. The van der Waals surface area contributed by atoms with Crippen LogP contribution in [0.4, 0.5) is 4.39 Å². The van der Waals surface area contributed by atoms with E-state index < -0.39 is 5.82 Å². The topological polar surface area (TPSA) is 41.4 Å². The maximum absolute atomic E-state index is 14.0. The van der Waals surface area contributed by atoms with E-state index in [1.54, 1.807) is 23.1 Å². The normalized spacial score (nSPS) is 14.7. The Bertz CT molecular complexity index is 756. The van der Waals surface area contributed by atoms with E-state index in [-0.39, 0.29) is 11.5 Å². The summed E-state index contributed by atoms with van der Waals surface area (Å²) in [6.45, 7) is 6.94. The van der Waals surface area contributed by atoms with Crippen LogP contribution in [-0.2, 0) is 19.6 Å². The van der Waals surface area contributed by atoms with Gasteiger partial charge in [0, 0.05) is 25.7 Å². The van der Waals surface area contributed by atoms with Crippen molar-refractivity contribution in [2.45, 2.75) is 45.9 Å². The number of nitrogens with zero attached hydrogens (tertiary/aromatic N) is 4. The summed E-state index contributed by atoms with van der Waals surface area (Å²) in [5.41, 5.74) is 2.18. The van der Waals surface area contributed by atoms with E-state index in [1.165, 1.54) is 6.07 Å². The third-order valence-corrected chi connectivity index (χ3v) is 4.87. The van der Waals surface area contributed by atoms with E-state index in [0.29, 0.717) is 19.1 Å². The molecule has 0 saturated heterocycles. The minimum atomic E-state index is -0.468. The van der Waals surface area contributed by atoms with Crippen LogP contribution in [0.25, 0.3) is 0 Å². The SMILES string of the molecule is CC(C)N(C)Cc1ncn2c1CN(C(=O)c1ccccc1F)CCC2. The molecule has 5 nitrogen and oxygen atoms in total. The maximum atomic E-state index is 14.0. The highest BCUT2D eigenvalue weighted by Crippen LogP contribution is 2.20. The fraction of sp³-hybridized carbons (Fsp3) is 0.474. The lowest BCUT2D eigenvalue weighted by molar-refractivity contribution is 0.0740. The average molecular weight is 344 g/mol. The zero-order valence-corrected chi connectivity index (χ0v) is 15.1. The summed E-state index contributed by atoms with van der Waals surface area (Å²) in [6.07, 6.45) is 2.69. The van der Waals surface area contributed by atoms with E-state index >= 15 is 0 Å². The average Bonchev–Trinajstić information content (AvgIpc) is 2.83. The molecule has 1 aromatic heterocycles. The summed E-state index contributed by atoms with van der Waals surface area (Å²) < 4.78 is 16.1. The van der Waals surface area contributed by atoms with Gasteiger partial charge in [-0.05, 0) is 39.4 Å². The van der Waals surface area contributed by atoms with Crippen molar-refractivity contribution in [3.05, 3.63) is 53.4 Å². The minimum absolute atomic E-state index is 0.135. The molecule has 0 radical (unpaired) electrons. The molecule has 3 rings (SSSR count). The molecule has 134 valence electrons. The number of hydrogen-bond donors (Lipinski definition) is 0. The smallest absolute Gasteiger partial charge is 0.257 e. The number of imidazole rings is 1.